The van der Waals surface area contributed by atoms with E-state index in [0.29, 0.717) is 0 Å². The van der Waals surface area contributed by atoms with Crippen LogP contribution in [0.15, 0.2) is 112 Å². The number of furan rings is 2. The third-order valence-corrected chi connectivity index (χ3v) is 7.87. The van der Waals surface area contributed by atoms with Crippen molar-refractivity contribution < 1.29 is 28.3 Å². The summed E-state index contributed by atoms with van der Waals surface area (Å²) in [6, 6.07) is 26.6. The molecule has 0 unspecified atom stereocenters. The summed E-state index contributed by atoms with van der Waals surface area (Å²) in [6.45, 7) is 0. The summed E-state index contributed by atoms with van der Waals surface area (Å²) < 4.78 is 11.8. The van der Waals surface area contributed by atoms with Crippen molar-refractivity contribution in [3.8, 4) is 0 Å². The minimum atomic E-state index is 0. The maximum atomic E-state index is 5.92. The number of hydrogen-bond acceptors (Lipinski definition) is 4. The predicted octanol–water partition coefficient (Wildman–Crippen LogP) is 8.64. The van der Waals surface area contributed by atoms with E-state index in [1.165, 1.54) is 21.9 Å². The van der Waals surface area contributed by atoms with E-state index in [-0.39, 0.29) is 19.5 Å². The summed E-state index contributed by atoms with van der Waals surface area (Å²) in [7, 11) is 0. The maximum Gasteiger partial charge on any atom is 2.00 e. The van der Waals surface area contributed by atoms with E-state index in [2.05, 4.69) is 63.5 Å². The van der Waals surface area contributed by atoms with E-state index >= 15 is 0 Å². The van der Waals surface area contributed by atoms with Gasteiger partial charge in [-0.2, -0.15) is 23.9 Å². The largest absolute Gasteiger partial charge is 2.00 e. The third-order valence-electron chi connectivity index (χ3n) is 7.87. The van der Waals surface area contributed by atoms with E-state index in [1.54, 1.807) is 6.20 Å². The van der Waals surface area contributed by atoms with Gasteiger partial charge in [0.1, 0.15) is 22.2 Å². The second-order valence-corrected chi connectivity index (χ2v) is 10.1. The molecule has 6 heteroatoms. The average molecular weight is 579 g/mol. The first-order valence-corrected chi connectivity index (χ1v) is 13.2. The number of pyridine rings is 2. The van der Waals surface area contributed by atoms with Gasteiger partial charge in [-0.25, -0.2) is 0 Å². The van der Waals surface area contributed by atoms with E-state index in [1.807, 2.05) is 54.9 Å². The minimum Gasteiger partial charge on any atom is -0.663 e. The number of nitrogens with zero attached hydrogens (tertiary/aromatic N) is 3. The van der Waals surface area contributed by atoms with Gasteiger partial charge in [0.2, 0.25) is 0 Å². The molecule has 5 aromatic heterocycles. The molecule has 0 saturated heterocycles. The number of hydrogen-bond donors (Lipinski definition) is 0. The van der Waals surface area contributed by atoms with Crippen LogP contribution in [0.3, 0.4) is 0 Å². The van der Waals surface area contributed by atoms with Crippen LogP contribution in [0, 0.1) is 6.08 Å². The van der Waals surface area contributed by atoms with Crippen LogP contribution in [0.1, 0.15) is 11.1 Å². The summed E-state index contributed by atoms with van der Waals surface area (Å²) >= 11 is 0. The first kappa shape index (κ1) is 24.0. The van der Waals surface area contributed by atoms with Gasteiger partial charge in [0.15, 0.2) is 11.2 Å². The molecule has 188 valence electrons. The fourth-order valence-electron chi connectivity index (χ4n) is 6.10. The second kappa shape index (κ2) is 9.12. The molecule has 0 saturated carbocycles. The van der Waals surface area contributed by atoms with Crippen LogP contribution in [0.4, 0.5) is 0 Å². The average Bonchev–Trinajstić information content (AvgIpc) is 3.80. The second-order valence-electron chi connectivity index (χ2n) is 10.1. The molecule has 5 heterocycles. The summed E-state index contributed by atoms with van der Waals surface area (Å²) in [5.74, 6) is 0. The van der Waals surface area contributed by atoms with Crippen LogP contribution >= 0.6 is 0 Å². The number of fused-ring (bicyclic) bond motifs is 14. The van der Waals surface area contributed by atoms with Crippen molar-refractivity contribution in [2.24, 2.45) is 0 Å². The zero-order valence-corrected chi connectivity index (χ0v) is 24.9. The Labute approximate surface area is 246 Å². The third kappa shape index (κ3) is 3.51. The molecule has 9 aromatic rings. The summed E-state index contributed by atoms with van der Waals surface area (Å²) in [5.41, 5.74) is 8.81. The Bertz CT molecular complexity index is 2480. The molecule has 1 aliphatic carbocycles. The molecule has 0 atom stereocenters. The van der Waals surface area contributed by atoms with Gasteiger partial charge in [-0.3, -0.25) is 9.97 Å². The molecule has 5 nitrogen and oxygen atoms in total. The Kier molecular flexibility index (Phi) is 5.35. The van der Waals surface area contributed by atoms with E-state index in [9.17, 15) is 0 Å². The standard InChI is InChI=1S/C18H10NO.C17H9N2O.Zn/c1-3-11-6-7-12-8-9-14-17(16(12)13(11)4-1)18-15(20-14)5-2-10-19-18;1-2-13-17(18-8-1)15-12(20-13)6-5-10-3-4-11-7-9-19-16(11)14(10)15;/h1-2,5-10H,3H2;1-9H;/q2*-1;+2. The zero-order valence-electron chi connectivity index (χ0n) is 21.9. The minimum absolute atomic E-state index is 0. The molecule has 0 bridgehead atoms. The van der Waals surface area contributed by atoms with Gasteiger partial charge in [-0.1, -0.05) is 48.2 Å². The van der Waals surface area contributed by atoms with Crippen LogP contribution in [0.5, 0.6) is 0 Å². The van der Waals surface area contributed by atoms with Crippen LogP contribution in [-0.4, -0.2) is 9.97 Å². The van der Waals surface area contributed by atoms with Crippen LogP contribution in [0.25, 0.3) is 76.6 Å². The van der Waals surface area contributed by atoms with Crippen molar-refractivity contribution in [2.75, 3.05) is 0 Å². The van der Waals surface area contributed by atoms with E-state index < -0.39 is 0 Å². The molecule has 0 spiro atoms. The first-order valence-electron chi connectivity index (χ1n) is 13.2. The first-order chi connectivity index (χ1) is 19.8. The van der Waals surface area contributed by atoms with Gasteiger partial charge in [0.25, 0.3) is 0 Å². The van der Waals surface area contributed by atoms with Gasteiger partial charge >= 0.3 is 19.5 Å². The fourth-order valence-corrected chi connectivity index (χ4v) is 6.10. The van der Waals surface area contributed by atoms with Crippen molar-refractivity contribution >= 4 is 76.6 Å². The SMILES string of the molecule is [C-]1=CCc2ccc3ccc4oc5cccnc5c4c3c21.[Zn+2].c1cnc2c(c1)oc1ccc3ccc4cc[n-]c4c3c12. The molecule has 1 aliphatic rings. The summed E-state index contributed by atoms with van der Waals surface area (Å²) in [6.07, 6.45) is 11.9. The van der Waals surface area contributed by atoms with Gasteiger partial charge < -0.3 is 13.8 Å². The van der Waals surface area contributed by atoms with E-state index in [4.69, 9.17) is 8.83 Å². The fraction of sp³-hybridized carbons (Fsp3) is 0.0286. The molecule has 0 radical (unpaired) electrons. The molecule has 4 aromatic carbocycles. The molecule has 0 aliphatic heterocycles. The topological polar surface area (TPSA) is 66.2 Å². The van der Waals surface area contributed by atoms with Gasteiger partial charge in [0.05, 0.1) is 5.39 Å². The van der Waals surface area contributed by atoms with Crippen molar-refractivity contribution in [3.05, 3.63) is 121 Å². The number of benzene rings is 4. The predicted molar refractivity (Wildman–Crippen MR) is 159 cm³/mol. The monoisotopic (exact) mass is 577 g/mol. The Balaban J connectivity index is 0.000000122. The van der Waals surface area contributed by atoms with Crippen LogP contribution in [0.2, 0.25) is 0 Å². The molecular weight excluding hydrogens is 560 g/mol. The molecule has 41 heavy (non-hydrogen) atoms. The molecule has 0 amide bonds. The van der Waals surface area contributed by atoms with Crippen molar-refractivity contribution in [3.63, 3.8) is 0 Å². The van der Waals surface area contributed by atoms with Crippen molar-refractivity contribution in [2.45, 2.75) is 6.42 Å². The Hall–Kier alpha value is -4.80. The molecule has 0 fully saturated rings. The Morgan fingerprint density at radius 2 is 1.22 bits per heavy atom. The Morgan fingerprint density at radius 3 is 1.95 bits per heavy atom. The quantitative estimate of drug-likeness (QED) is 0.133. The summed E-state index contributed by atoms with van der Waals surface area (Å²) in [5, 5.41) is 8.04. The molecule has 10 rings (SSSR count). The van der Waals surface area contributed by atoms with Gasteiger partial charge in [-0.15, -0.1) is 22.5 Å². The van der Waals surface area contributed by atoms with Crippen LogP contribution in [-0.2, 0) is 25.9 Å². The summed E-state index contributed by atoms with van der Waals surface area (Å²) in [4.78, 5) is 13.5. The normalized spacial score (nSPS) is 12.5. The van der Waals surface area contributed by atoms with Gasteiger partial charge in [0, 0.05) is 12.4 Å². The smallest absolute Gasteiger partial charge is 0.663 e. The molecule has 0 N–H and O–H groups in total. The number of aromatic nitrogens is 3. The number of allylic oxidation sites excluding steroid dienone is 1. The number of rotatable bonds is 0. The van der Waals surface area contributed by atoms with Gasteiger partial charge in [-0.05, 0) is 57.9 Å². The Morgan fingerprint density at radius 1 is 0.610 bits per heavy atom. The zero-order chi connectivity index (χ0) is 26.2. The van der Waals surface area contributed by atoms with E-state index in [0.717, 1.165) is 72.2 Å². The van der Waals surface area contributed by atoms with Crippen molar-refractivity contribution in [1.29, 1.82) is 0 Å². The molecular formula is C35H19N3O2Zn. The van der Waals surface area contributed by atoms with Crippen molar-refractivity contribution in [1.82, 2.24) is 15.0 Å². The maximum absolute atomic E-state index is 5.92. The van der Waals surface area contributed by atoms with Crippen LogP contribution < -0.4 is 4.98 Å².